The Morgan fingerprint density at radius 1 is 0.643 bits per heavy atom. The van der Waals surface area contributed by atoms with Gasteiger partial charge in [-0.1, -0.05) is 104 Å². The molecule has 0 aliphatic carbocycles. The Hall–Kier alpha value is 0.880. The molecule has 0 amide bonds. The van der Waals surface area contributed by atoms with Gasteiger partial charge >= 0.3 is 0 Å². The quantitative estimate of drug-likeness (QED) is 0.120. The molecule has 0 aromatic heterocycles. The lowest BCUT2D eigenvalue weighted by Crippen LogP contribution is -2.12. The molecule has 3 nitrogen and oxygen atoms in total. The summed E-state index contributed by atoms with van der Waals surface area (Å²) in [6.45, 7) is 9.11. The summed E-state index contributed by atoms with van der Waals surface area (Å²) in [6, 6.07) is 0. The minimum Gasteiger partial charge on any atom is -0.322 e. The molecule has 0 atom stereocenters. The number of hydrogen-bond acceptors (Lipinski definition) is 4. The summed E-state index contributed by atoms with van der Waals surface area (Å²) in [4.78, 5) is 2.28. The minimum absolute atomic E-state index is 0.670. The zero-order valence-corrected chi connectivity index (χ0v) is 22.2. The first-order chi connectivity index (χ1) is 13.4. The highest BCUT2D eigenvalue weighted by atomic mass is 32.9. The molecule has 0 bridgehead atoms. The van der Waals surface area contributed by atoms with Gasteiger partial charge in [0.2, 0.25) is 5.69 Å². The van der Waals surface area contributed by atoms with Crippen LogP contribution >= 0.6 is 17.9 Å². The van der Waals surface area contributed by atoms with Crippen LogP contribution < -0.4 is 0 Å². The van der Waals surface area contributed by atoms with E-state index in [-0.39, 0.29) is 0 Å². The van der Waals surface area contributed by atoms with E-state index < -0.39 is 5.69 Å². The SMILES string of the molecule is CCCCCCCCCCCCN(C)C.CCCCOP(=S)(S)OCCCC. The van der Waals surface area contributed by atoms with Crippen molar-refractivity contribution >= 4 is 29.7 Å². The van der Waals surface area contributed by atoms with Crippen LogP contribution in [-0.4, -0.2) is 38.8 Å². The predicted octanol–water partition coefficient (Wildman–Crippen LogP) is 8.24. The van der Waals surface area contributed by atoms with Gasteiger partial charge in [0.05, 0.1) is 13.2 Å². The van der Waals surface area contributed by atoms with E-state index in [1.54, 1.807) is 0 Å². The maximum absolute atomic E-state index is 5.38. The highest BCUT2D eigenvalue weighted by molar-refractivity contribution is 8.60. The fourth-order valence-corrected chi connectivity index (χ4v) is 4.33. The number of rotatable bonds is 19. The van der Waals surface area contributed by atoms with E-state index in [0.29, 0.717) is 13.2 Å². The van der Waals surface area contributed by atoms with Crippen molar-refractivity contribution in [1.29, 1.82) is 0 Å². The molecule has 0 unspecified atom stereocenters. The molecule has 0 N–H and O–H groups in total. The van der Waals surface area contributed by atoms with Gasteiger partial charge in [-0.15, -0.1) is 0 Å². The summed E-state index contributed by atoms with van der Waals surface area (Å²) < 4.78 is 10.8. The smallest absolute Gasteiger partial charge is 0.244 e. The maximum Gasteiger partial charge on any atom is 0.244 e. The molecule has 0 saturated heterocycles. The summed E-state index contributed by atoms with van der Waals surface area (Å²) in [5, 5.41) is 0. The van der Waals surface area contributed by atoms with Gasteiger partial charge in [-0.25, -0.2) is 0 Å². The molecule has 28 heavy (non-hydrogen) atoms. The van der Waals surface area contributed by atoms with Crippen LogP contribution in [0.5, 0.6) is 0 Å². The van der Waals surface area contributed by atoms with Gasteiger partial charge in [0.25, 0.3) is 0 Å². The molecule has 0 radical (unpaired) electrons. The lowest BCUT2D eigenvalue weighted by atomic mass is 10.1. The van der Waals surface area contributed by atoms with Crippen molar-refractivity contribution in [2.75, 3.05) is 33.9 Å². The van der Waals surface area contributed by atoms with Crippen LogP contribution in [0, 0.1) is 0 Å². The van der Waals surface area contributed by atoms with E-state index >= 15 is 0 Å². The van der Waals surface area contributed by atoms with Crippen molar-refractivity contribution < 1.29 is 9.05 Å². The number of unbranched alkanes of at least 4 members (excludes halogenated alkanes) is 11. The third kappa shape index (κ3) is 29.1. The van der Waals surface area contributed by atoms with Crippen LogP contribution in [-0.2, 0) is 20.9 Å². The Bertz CT molecular complexity index is 330. The van der Waals surface area contributed by atoms with Crippen molar-refractivity contribution in [3.63, 3.8) is 0 Å². The lowest BCUT2D eigenvalue weighted by Gasteiger charge is -2.15. The third-order valence-corrected chi connectivity index (χ3v) is 6.81. The Balaban J connectivity index is 0. The van der Waals surface area contributed by atoms with E-state index in [4.69, 9.17) is 20.9 Å². The van der Waals surface area contributed by atoms with Gasteiger partial charge in [-0.2, -0.15) is 0 Å². The molecule has 6 heteroatoms. The molecule has 172 valence electrons. The molecule has 0 aromatic rings. The van der Waals surface area contributed by atoms with E-state index in [1.807, 2.05) is 0 Å². The van der Waals surface area contributed by atoms with E-state index in [2.05, 4.69) is 52.0 Å². The van der Waals surface area contributed by atoms with Crippen LogP contribution in [0.15, 0.2) is 0 Å². The monoisotopic (exact) mass is 455 g/mol. The highest BCUT2D eigenvalue weighted by Gasteiger charge is 2.11. The van der Waals surface area contributed by atoms with Crippen LogP contribution in [0.2, 0.25) is 0 Å². The topological polar surface area (TPSA) is 21.7 Å². The fraction of sp³-hybridized carbons (Fsp3) is 1.00. The summed E-state index contributed by atoms with van der Waals surface area (Å²) in [7, 11) is 4.32. The highest BCUT2D eigenvalue weighted by Crippen LogP contribution is 2.53. The fourth-order valence-electron chi connectivity index (χ4n) is 2.60. The Labute approximate surface area is 188 Å². The zero-order valence-electron chi connectivity index (χ0n) is 19.6. The number of thiol groups is 1. The van der Waals surface area contributed by atoms with Crippen LogP contribution in [0.4, 0.5) is 0 Å². The van der Waals surface area contributed by atoms with Crippen LogP contribution in [0.3, 0.4) is 0 Å². The second kappa shape index (κ2) is 24.2. The normalized spacial score (nSPS) is 11.5. The Kier molecular flexibility index (Phi) is 26.8. The Morgan fingerprint density at radius 2 is 1.00 bits per heavy atom. The average molecular weight is 456 g/mol. The van der Waals surface area contributed by atoms with Gasteiger partial charge in [0, 0.05) is 0 Å². The second-order valence-electron chi connectivity index (χ2n) is 7.83. The van der Waals surface area contributed by atoms with Crippen molar-refractivity contribution in [1.82, 2.24) is 4.90 Å². The van der Waals surface area contributed by atoms with E-state index in [1.165, 1.54) is 70.8 Å². The number of nitrogens with zero attached hydrogens (tertiary/aromatic N) is 1. The van der Waals surface area contributed by atoms with Gasteiger partial charge in [0.1, 0.15) is 0 Å². The van der Waals surface area contributed by atoms with Gasteiger partial charge in [-0.3, -0.25) is 0 Å². The predicted molar refractivity (Wildman–Crippen MR) is 135 cm³/mol. The molecule has 0 heterocycles. The molecular weight excluding hydrogens is 405 g/mol. The Morgan fingerprint density at radius 3 is 1.36 bits per heavy atom. The van der Waals surface area contributed by atoms with Crippen molar-refractivity contribution in [2.45, 2.75) is 111 Å². The molecular formula is C22H50NO2PS2. The molecule has 0 fully saturated rings. The summed E-state index contributed by atoms with van der Waals surface area (Å²) in [6.07, 6.45) is 18.6. The standard InChI is InChI=1S/C14H31N.C8H19O2PS2/c1-4-5-6-7-8-9-10-11-12-13-14-15(2)3;1-3-5-7-9-11(12,13)10-8-6-4-2/h4-14H2,1-3H3;3-8H2,1-2H3,(H,12,13). The number of hydrogen-bond donors (Lipinski definition) is 1. The molecule has 0 rings (SSSR count). The van der Waals surface area contributed by atoms with Crippen LogP contribution in [0.25, 0.3) is 0 Å². The first-order valence-electron chi connectivity index (χ1n) is 11.7. The second-order valence-corrected chi connectivity index (χ2v) is 13.1. The van der Waals surface area contributed by atoms with Gasteiger partial charge in [0.15, 0.2) is 0 Å². The summed E-state index contributed by atoms with van der Waals surface area (Å²) in [5.41, 5.74) is -2.22. The van der Waals surface area contributed by atoms with E-state index in [9.17, 15) is 0 Å². The average Bonchev–Trinajstić information content (AvgIpc) is 2.64. The van der Waals surface area contributed by atoms with Gasteiger partial charge in [-0.05, 0) is 51.7 Å². The zero-order chi connectivity index (χ0) is 21.5. The largest absolute Gasteiger partial charge is 0.322 e. The first kappa shape index (κ1) is 31.1. The molecule has 0 aliphatic rings. The first-order valence-corrected chi connectivity index (χ1v) is 15.4. The lowest BCUT2D eigenvalue weighted by molar-refractivity contribution is 0.253. The third-order valence-electron chi connectivity index (χ3n) is 4.46. The molecule has 0 saturated carbocycles. The minimum atomic E-state index is -2.22. The van der Waals surface area contributed by atoms with Gasteiger partial charge < -0.3 is 13.9 Å². The van der Waals surface area contributed by atoms with Crippen LogP contribution in [0.1, 0.15) is 111 Å². The van der Waals surface area contributed by atoms with Crippen molar-refractivity contribution in [3.8, 4) is 0 Å². The summed E-state index contributed by atoms with van der Waals surface area (Å²) >= 11 is 9.31. The maximum atomic E-state index is 5.38. The molecule has 0 spiro atoms. The van der Waals surface area contributed by atoms with Crippen molar-refractivity contribution in [3.05, 3.63) is 0 Å². The van der Waals surface area contributed by atoms with Crippen molar-refractivity contribution in [2.24, 2.45) is 0 Å². The molecule has 0 aliphatic heterocycles. The van der Waals surface area contributed by atoms with E-state index in [0.717, 1.165) is 25.7 Å². The summed E-state index contributed by atoms with van der Waals surface area (Å²) in [5.74, 6) is 0. The molecule has 0 aromatic carbocycles.